The molecular weight excluding hydrogens is 374 g/mol. The lowest BCUT2D eigenvalue weighted by atomic mass is 10.1. The van der Waals surface area contributed by atoms with E-state index in [1.165, 1.54) is 22.0 Å². The van der Waals surface area contributed by atoms with Crippen molar-refractivity contribution in [1.29, 1.82) is 0 Å². The largest absolute Gasteiger partial charge is 0.494 e. The zero-order valence-electron chi connectivity index (χ0n) is 17.8. The van der Waals surface area contributed by atoms with Crippen molar-refractivity contribution in [3.63, 3.8) is 0 Å². The summed E-state index contributed by atoms with van der Waals surface area (Å²) in [5.41, 5.74) is 3.76. The molecule has 0 spiro atoms. The van der Waals surface area contributed by atoms with Crippen molar-refractivity contribution in [1.82, 2.24) is 14.8 Å². The van der Waals surface area contributed by atoms with E-state index in [9.17, 15) is 4.79 Å². The number of amides is 1. The van der Waals surface area contributed by atoms with E-state index in [1.807, 2.05) is 30.0 Å². The number of piperazine rings is 1. The van der Waals surface area contributed by atoms with Gasteiger partial charge < -0.3 is 14.6 Å². The summed E-state index contributed by atoms with van der Waals surface area (Å²) in [7, 11) is 0. The van der Waals surface area contributed by atoms with Gasteiger partial charge in [-0.25, -0.2) is 0 Å². The van der Waals surface area contributed by atoms with Gasteiger partial charge in [0.15, 0.2) is 0 Å². The van der Waals surface area contributed by atoms with E-state index < -0.39 is 0 Å². The number of aromatic amines is 1. The maximum atomic E-state index is 12.6. The lowest BCUT2D eigenvalue weighted by Gasteiger charge is -2.34. The summed E-state index contributed by atoms with van der Waals surface area (Å²) >= 11 is 0. The summed E-state index contributed by atoms with van der Waals surface area (Å²) in [4.78, 5) is 20.4. The number of benzene rings is 2. The molecule has 0 atom stereocenters. The number of para-hydroxylation sites is 1. The van der Waals surface area contributed by atoms with Crippen LogP contribution in [0.3, 0.4) is 0 Å². The van der Waals surface area contributed by atoms with Gasteiger partial charge in [-0.15, -0.1) is 0 Å². The Bertz CT molecular complexity index is 956. The molecule has 0 aliphatic carbocycles. The smallest absolute Gasteiger partial charge is 0.222 e. The molecule has 0 saturated carbocycles. The molecule has 30 heavy (non-hydrogen) atoms. The molecule has 5 nitrogen and oxygen atoms in total. The molecular formula is C25H31N3O2. The van der Waals surface area contributed by atoms with Crippen LogP contribution in [0.4, 0.5) is 0 Å². The van der Waals surface area contributed by atoms with E-state index in [4.69, 9.17) is 4.74 Å². The van der Waals surface area contributed by atoms with Crippen molar-refractivity contribution in [2.24, 2.45) is 0 Å². The van der Waals surface area contributed by atoms with Crippen molar-refractivity contribution in [2.45, 2.75) is 32.7 Å². The second-order valence-electron chi connectivity index (χ2n) is 7.95. The number of carbonyl (C=O) groups excluding carboxylic acids is 1. The number of H-pyrrole nitrogens is 1. The maximum absolute atomic E-state index is 12.6. The Kier molecular flexibility index (Phi) is 6.70. The number of hydrogen-bond acceptors (Lipinski definition) is 3. The highest BCUT2D eigenvalue weighted by Gasteiger charge is 2.20. The van der Waals surface area contributed by atoms with Gasteiger partial charge in [0.1, 0.15) is 5.75 Å². The Labute approximate surface area is 178 Å². The highest BCUT2D eigenvalue weighted by Crippen LogP contribution is 2.20. The first kappa shape index (κ1) is 20.5. The van der Waals surface area contributed by atoms with Crippen molar-refractivity contribution >= 4 is 16.8 Å². The van der Waals surface area contributed by atoms with E-state index >= 15 is 0 Å². The van der Waals surface area contributed by atoms with Crippen molar-refractivity contribution in [3.8, 4) is 5.75 Å². The molecule has 0 radical (unpaired) electrons. The summed E-state index contributed by atoms with van der Waals surface area (Å²) in [6.45, 7) is 7.12. The quantitative estimate of drug-likeness (QED) is 0.610. The Hall–Kier alpha value is -2.79. The average Bonchev–Trinajstić information content (AvgIpc) is 3.19. The molecule has 0 unspecified atom stereocenters. The molecule has 1 fully saturated rings. The second kappa shape index (κ2) is 9.81. The summed E-state index contributed by atoms with van der Waals surface area (Å²) in [6.07, 6.45) is 4.54. The fourth-order valence-corrected chi connectivity index (χ4v) is 4.20. The molecule has 2 aromatic carbocycles. The highest BCUT2D eigenvalue weighted by molar-refractivity contribution is 5.83. The lowest BCUT2D eigenvalue weighted by molar-refractivity contribution is -0.133. The van der Waals surface area contributed by atoms with Crippen molar-refractivity contribution in [2.75, 3.05) is 32.8 Å². The Balaban J connectivity index is 1.19. The van der Waals surface area contributed by atoms with Crippen molar-refractivity contribution < 1.29 is 9.53 Å². The zero-order valence-corrected chi connectivity index (χ0v) is 17.8. The molecule has 1 aromatic heterocycles. The molecule has 158 valence electrons. The van der Waals surface area contributed by atoms with E-state index in [0.717, 1.165) is 51.3 Å². The monoisotopic (exact) mass is 405 g/mol. The predicted octanol–water partition coefficient (Wildman–Crippen LogP) is 4.23. The molecule has 4 rings (SSSR count). The molecule has 2 heterocycles. The number of rotatable bonds is 8. The van der Waals surface area contributed by atoms with Crippen LogP contribution in [0.1, 0.15) is 30.9 Å². The lowest BCUT2D eigenvalue weighted by Crippen LogP contribution is -2.48. The number of nitrogens with one attached hydrogen (secondary N) is 1. The number of hydrogen-bond donors (Lipinski definition) is 1. The number of nitrogens with zero attached hydrogens (tertiary/aromatic N) is 2. The summed E-state index contributed by atoms with van der Waals surface area (Å²) in [5, 5.41) is 1.27. The van der Waals surface area contributed by atoms with Gasteiger partial charge in [-0.1, -0.05) is 30.3 Å². The highest BCUT2D eigenvalue weighted by atomic mass is 16.5. The molecule has 1 N–H and O–H groups in total. The number of ether oxygens (including phenoxy) is 1. The zero-order chi connectivity index (χ0) is 20.8. The van der Waals surface area contributed by atoms with Gasteiger partial charge in [-0.3, -0.25) is 9.69 Å². The van der Waals surface area contributed by atoms with Crippen LogP contribution in [0.15, 0.2) is 54.7 Å². The molecule has 1 aliphatic heterocycles. The SMILES string of the molecule is CCOc1ccc(CN2CCN(C(=O)CCCc3c[nH]c4ccccc34)CC2)cc1. The first-order chi connectivity index (χ1) is 14.7. The van der Waals surface area contributed by atoms with Gasteiger partial charge in [-0.2, -0.15) is 0 Å². The van der Waals surface area contributed by atoms with E-state index in [2.05, 4.69) is 46.4 Å². The Morgan fingerprint density at radius 2 is 1.80 bits per heavy atom. The first-order valence-corrected chi connectivity index (χ1v) is 11.0. The molecule has 0 bridgehead atoms. The number of carbonyl (C=O) groups is 1. The van der Waals surface area contributed by atoms with Crippen LogP contribution >= 0.6 is 0 Å². The van der Waals surface area contributed by atoms with Crippen LogP contribution in [-0.4, -0.2) is 53.5 Å². The van der Waals surface area contributed by atoms with Crippen LogP contribution in [0.5, 0.6) is 5.75 Å². The summed E-state index contributed by atoms with van der Waals surface area (Å²) in [6, 6.07) is 16.7. The third-order valence-electron chi connectivity index (χ3n) is 5.88. The second-order valence-corrected chi connectivity index (χ2v) is 7.95. The van der Waals surface area contributed by atoms with Crippen LogP contribution in [-0.2, 0) is 17.8 Å². The fourth-order valence-electron chi connectivity index (χ4n) is 4.20. The normalized spacial score (nSPS) is 14.9. The summed E-state index contributed by atoms with van der Waals surface area (Å²) < 4.78 is 5.51. The van der Waals surface area contributed by atoms with Crippen LogP contribution in [0.25, 0.3) is 10.9 Å². The molecule has 1 amide bonds. The number of aryl methyl sites for hydroxylation is 1. The Morgan fingerprint density at radius 3 is 2.57 bits per heavy atom. The third kappa shape index (κ3) is 5.03. The minimum absolute atomic E-state index is 0.288. The van der Waals surface area contributed by atoms with E-state index in [1.54, 1.807) is 0 Å². The average molecular weight is 406 g/mol. The van der Waals surface area contributed by atoms with Gasteiger partial charge in [0, 0.05) is 56.2 Å². The molecule has 3 aromatic rings. The Morgan fingerprint density at radius 1 is 1.03 bits per heavy atom. The number of aromatic nitrogens is 1. The predicted molar refractivity (Wildman–Crippen MR) is 121 cm³/mol. The molecule has 1 aliphatic rings. The van der Waals surface area contributed by atoms with Gasteiger partial charge in [0.05, 0.1) is 6.61 Å². The van der Waals surface area contributed by atoms with Gasteiger partial charge in [-0.05, 0) is 49.1 Å². The standard InChI is InChI=1S/C25H31N3O2/c1-2-30-22-12-10-20(11-13-22)19-27-14-16-28(17-15-27)25(29)9-5-6-21-18-26-24-8-4-3-7-23(21)24/h3-4,7-8,10-13,18,26H,2,5-6,9,14-17,19H2,1H3. The van der Waals surface area contributed by atoms with Gasteiger partial charge >= 0.3 is 0 Å². The van der Waals surface area contributed by atoms with E-state index in [-0.39, 0.29) is 5.91 Å². The van der Waals surface area contributed by atoms with Crippen LogP contribution < -0.4 is 4.74 Å². The molecule has 1 saturated heterocycles. The minimum atomic E-state index is 0.288. The van der Waals surface area contributed by atoms with Crippen molar-refractivity contribution in [3.05, 3.63) is 65.9 Å². The first-order valence-electron chi connectivity index (χ1n) is 11.0. The number of fused-ring (bicyclic) bond motifs is 1. The maximum Gasteiger partial charge on any atom is 0.222 e. The fraction of sp³-hybridized carbons (Fsp3) is 0.400. The molecule has 5 heteroatoms. The third-order valence-corrected chi connectivity index (χ3v) is 5.88. The van der Waals surface area contributed by atoms with E-state index in [0.29, 0.717) is 13.0 Å². The topological polar surface area (TPSA) is 48.6 Å². The van der Waals surface area contributed by atoms with Gasteiger partial charge in [0.2, 0.25) is 5.91 Å². The van der Waals surface area contributed by atoms with Crippen LogP contribution in [0.2, 0.25) is 0 Å². The van der Waals surface area contributed by atoms with Crippen LogP contribution in [0, 0.1) is 0 Å². The van der Waals surface area contributed by atoms with Gasteiger partial charge in [0.25, 0.3) is 0 Å². The minimum Gasteiger partial charge on any atom is -0.494 e. The summed E-state index contributed by atoms with van der Waals surface area (Å²) in [5.74, 6) is 1.21.